The number of hydrogen-bond donors (Lipinski definition) is 2. The predicted molar refractivity (Wildman–Crippen MR) is 80.5 cm³/mol. The van der Waals surface area contributed by atoms with Gasteiger partial charge in [-0.3, -0.25) is 19.8 Å². The lowest BCUT2D eigenvalue weighted by molar-refractivity contribution is -0.121. The molecule has 1 atom stereocenters. The van der Waals surface area contributed by atoms with E-state index in [-0.39, 0.29) is 18.4 Å². The van der Waals surface area contributed by atoms with Crippen LogP contribution in [0.4, 0.5) is 0 Å². The van der Waals surface area contributed by atoms with E-state index in [1.54, 1.807) is 18.2 Å². The first kappa shape index (κ1) is 15.2. The molecular formula is C14H18BrN3O2. The van der Waals surface area contributed by atoms with Crippen molar-refractivity contribution in [3.05, 3.63) is 34.3 Å². The standard InChI is InChI=1S/C14H18BrN3O2/c1-10-8-18(7-6-16-10)9-13(19)17-14(20)11-4-2-3-5-12(11)15/h2-5,10,16H,6-9H2,1H3,(H,17,19,20)/t10-/m0/s1. The molecule has 0 bridgehead atoms. The van der Waals surface area contributed by atoms with Crippen molar-refractivity contribution < 1.29 is 9.59 Å². The second-order valence-corrected chi connectivity index (χ2v) is 5.80. The van der Waals surface area contributed by atoms with Crippen molar-refractivity contribution in [3.63, 3.8) is 0 Å². The molecule has 1 aliphatic rings. The summed E-state index contributed by atoms with van der Waals surface area (Å²) in [5.41, 5.74) is 0.467. The van der Waals surface area contributed by atoms with Gasteiger partial charge in [-0.2, -0.15) is 0 Å². The van der Waals surface area contributed by atoms with Crippen LogP contribution in [0.2, 0.25) is 0 Å². The molecule has 1 saturated heterocycles. The number of piperazine rings is 1. The number of imide groups is 1. The molecule has 1 fully saturated rings. The topological polar surface area (TPSA) is 61.4 Å². The number of halogens is 1. The van der Waals surface area contributed by atoms with E-state index in [0.717, 1.165) is 19.6 Å². The molecule has 108 valence electrons. The molecule has 1 aliphatic heterocycles. The summed E-state index contributed by atoms with van der Waals surface area (Å²) in [5, 5.41) is 5.74. The smallest absolute Gasteiger partial charge is 0.259 e. The summed E-state index contributed by atoms with van der Waals surface area (Å²) in [6, 6.07) is 7.42. The molecule has 1 heterocycles. The Balaban J connectivity index is 1.88. The molecule has 2 N–H and O–H groups in total. The van der Waals surface area contributed by atoms with Crippen LogP contribution in [0.5, 0.6) is 0 Å². The van der Waals surface area contributed by atoms with Crippen molar-refractivity contribution in [1.29, 1.82) is 0 Å². The summed E-state index contributed by atoms with van der Waals surface area (Å²) in [4.78, 5) is 25.9. The molecule has 0 saturated carbocycles. The Morgan fingerprint density at radius 1 is 1.45 bits per heavy atom. The largest absolute Gasteiger partial charge is 0.312 e. The summed E-state index contributed by atoms with van der Waals surface area (Å²) in [5.74, 6) is -0.634. The third kappa shape index (κ3) is 4.13. The van der Waals surface area contributed by atoms with Crippen LogP contribution in [-0.2, 0) is 4.79 Å². The Labute approximate surface area is 126 Å². The van der Waals surface area contributed by atoms with Gasteiger partial charge in [-0.25, -0.2) is 0 Å². The highest BCUT2D eigenvalue weighted by molar-refractivity contribution is 9.10. The summed E-state index contributed by atoms with van der Waals surface area (Å²) in [7, 11) is 0. The van der Waals surface area contributed by atoms with Gasteiger partial charge in [-0.1, -0.05) is 12.1 Å². The quantitative estimate of drug-likeness (QED) is 0.862. The van der Waals surface area contributed by atoms with Crippen molar-refractivity contribution in [2.45, 2.75) is 13.0 Å². The molecule has 1 aromatic rings. The summed E-state index contributed by atoms with van der Waals surface area (Å²) < 4.78 is 0.682. The zero-order valence-electron chi connectivity index (χ0n) is 11.4. The third-order valence-electron chi connectivity index (χ3n) is 3.19. The van der Waals surface area contributed by atoms with Gasteiger partial charge >= 0.3 is 0 Å². The fraction of sp³-hybridized carbons (Fsp3) is 0.429. The van der Waals surface area contributed by atoms with E-state index in [1.165, 1.54) is 0 Å². The van der Waals surface area contributed by atoms with Crippen LogP contribution in [0.3, 0.4) is 0 Å². The zero-order chi connectivity index (χ0) is 14.5. The van der Waals surface area contributed by atoms with Crippen molar-refractivity contribution in [2.75, 3.05) is 26.2 Å². The van der Waals surface area contributed by atoms with Crippen molar-refractivity contribution in [1.82, 2.24) is 15.5 Å². The van der Waals surface area contributed by atoms with E-state index < -0.39 is 0 Å². The van der Waals surface area contributed by atoms with Gasteiger partial charge in [0.15, 0.2) is 0 Å². The van der Waals surface area contributed by atoms with Crippen LogP contribution in [0.1, 0.15) is 17.3 Å². The van der Waals surface area contributed by atoms with Gasteiger partial charge < -0.3 is 5.32 Å². The Kier molecular flexibility index (Phi) is 5.28. The number of benzene rings is 1. The molecule has 2 rings (SSSR count). The van der Waals surface area contributed by atoms with Gasteiger partial charge in [-0.15, -0.1) is 0 Å². The second kappa shape index (κ2) is 6.97. The number of nitrogens with one attached hydrogen (secondary N) is 2. The second-order valence-electron chi connectivity index (χ2n) is 4.95. The Morgan fingerprint density at radius 2 is 2.20 bits per heavy atom. The number of carbonyl (C=O) groups excluding carboxylic acids is 2. The van der Waals surface area contributed by atoms with Crippen molar-refractivity contribution >= 4 is 27.7 Å². The lowest BCUT2D eigenvalue weighted by Gasteiger charge is -2.31. The molecule has 0 unspecified atom stereocenters. The molecule has 5 nitrogen and oxygen atoms in total. The highest BCUT2D eigenvalue weighted by atomic mass is 79.9. The van der Waals surface area contributed by atoms with Crippen molar-refractivity contribution in [2.24, 2.45) is 0 Å². The molecule has 0 spiro atoms. The average molecular weight is 340 g/mol. The number of amides is 2. The van der Waals surface area contributed by atoms with Gasteiger partial charge in [0.1, 0.15) is 0 Å². The maximum Gasteiger partial charge on any atom is 0.259 e. The maximum atomic E-state index is 12.0. The van der Waals surface area contributed by atoms with Gasteiger partial charge in [-0.05, 0) is 35.0 Å². The van der Waals surface area contributed by atoms with E-state index in [0.29, 0.717) is 16.1 Å². The first-order chi connectivity index (χ1) is 9.56. The number of carbonyl (C=O) groups is 2. The summed E-state index contributed by atoms with van der Waals surface area (Å²) >= 11 is 3.30. The fourth-order valence-corrected chi connectivity index (χ4v) is 2.70. The van der Waals surface area contributed by atoms with E-state index in [4.69, 9.17) is 0 Å². The normalized spacial score (nSPS) is 19.6. The van der Waals surface area contributed by atoms with Gasteiger partial charge in [0.25, 0.3) is 5.91 Å². The minimum absolute atomic E-state index is 0.252. The highest BCUT2D eigenvalue weighted by Gasteiger charge is 2.19. The summed E-state index contributed by atoms with van der Waals surface area (Å²) in [6.45, 7) is 4.84. The molecule has 0 radical (unpaired) electrons. The minimum Gasteiger partial charge on any atom is -0.312 e. The van der Waals surface area contributed by atoms with Gasteiger partial charge in [0.2, 0.25) is 5.91 Å². The maximum absolute atomic E-state index is 12.0. The zero-order valence-corrected chi connectivity index (χ0v) is 12.9. The van der Waals surface area contributed by atoms with Crippen LogP contribution < -0.4 is 10.6 Å². The molecular weight excluding hydrogens is 322 g/mol. The van der Waals surface area contributed by atoms with Crippen LogP contribution in [0.15, 0.2) is 28.7 Å². The lowest BCUT2D eigenvalue weighted by atomic mass is 10.2. The number of nitrogens with zero attached hydrogens (tertiary/aromatic N) is 1. The molecule has 0 aromatic heterocycles. The van der Waals surface area contributed by atoms with E-state index >= 15 is 0 Å². The lowest BCUT2D eigenvalue weighted by Crippen LogP contribution is -2.52. The van der Waals surface area contributed by atoms with Crippen LogP contribution in [-0.4, -0.2) is 48.9 Å². The van der Waals surface area contributed by atoms with Crippen LogP contribution in [0, 0.1) is 0 Å². The number of rotatable bonds is 3. The van der Waals surface area contributed by atoms with E-state index in [1.807, 2.05) is 11.0 Å². The SMILES string of the molecule is C[C@H]1CN(CC(=O)NC(=O)c2ccccc2Br)CCN1. The first-order valence-electron chi connectivity index (χ1n) is 6.60. The number of hydrogen-bond acceptors (Lipinski definition) is 4. The Morgan fingerprint density at radius 3 is 2.90 bits per heavy atom. The fourth-order valence-electron chi connectivity index (χ4n) is 2.24. The monoisotopic (exact) mass is 339 g/mol. The first-order valence-corrected chi connectivity index (χ1v) is 7.40. The summed E-state index contributed by atoms with van der Waals surface area (Å²) in [6.07, 6.45) is 0. The van der Waals surface area contributed by atoms with Gasteiger partial charge in [0.05, 0.1) is 12.1 Å². The Hall–Kier alpha value is -1.24. The van der Waals surface area contributed by atoms with E-state index in [9.17, 15) is 9.59 Å². The molecule has 2 amide bonds. The molecule has 0 aliphatic carbocycles. The highest BCUT2D eigenvalue weighted by Crippen LogP contribution is 2.15. The van der Waals surface area contributed by atoms with Gasteiger partial charge in [0, 0.05) is 30.1 Å². The molecule has 20 heavy (non-hydrogen) atoms. The minimum atomic E-state index is -0.370. The van der Waals surface area contributed by atoms with E-state index in [2.05, 4.69) is 33.5 Å². The molecule has 6 heteroatoms. The predicted octanol–water partition coefficient (Wildman–Crippen LogP) is 0.999. The van der Waals surface area contributed by atoms with Crippen LogP contribution in [0.25, 0.3) is 0 Å². The third-order valence-corrected chi connectivity index (χ3v) is 3.88. The Bertz CT molecular complexity index is 507. The average Bonchev–Trinajstić information content (AvgIpc) is 2.38. The molecule has 1 aromatic carbocycles. The van der Waals surface area contributed by atoms with Crippen molar-refractivity contribution in [3.8, 4) is 0 Å². The van der Waals surface area contributed by atoms with Crippen LogP contribution >= 0.6 is 15.9 Å².